The van der Waals surface area contributed by atoms with Crippen LogP contribution in [0.5, 0.6) is 0 Å². The smallest absolute Gasteiger partial charge is 0.0629 e. The molecule has 0 bridgehead atoms. The summed E-state index contributed by atoms with van der Waals surface area (Å²) in [5.74, 6) is 0.854. The van der Waals surface area contributed by atoms with Crippen molar-refractivity contribution in [1.29, 1.82) is 0 Å². The van der Waals surface area contributed by atoms with Crippen LogP contribution in [0.4, 0.5) is 0 Å². The fourth-order valence-corrected chi connectivity index (χ4v) is 1.64. The Bertz CT molecular complexity index is 147. The van der Waals surface area contributed by atoms with Crippen LogP contribution in [-0.2, 0) is 4.74 Å². The maximum absolute atomic E-state index is 5.78. The van der Waals surface area contributed by atoms with E-state index in [9.17, 15) is 0 Å². The molecule has 0 aromatic rings. The van der Waals surface area contributed by atoms with Gasteiger partial charge in [0.05, 0.1) is 12.2 Å². The molecule has 1 fully saturated rings. The summed E-state index contributed by atoms with van der Waals surface area (Å²) in [6, 6.07) is 0.563. The summed E-state index contributed by atoms with van der Waals surface area (Å²) in [7, 11) is 2.04. The molecule has 1 rings (SSSR count). The first-order valence-corrected chi connectivity index (χ1v) is 5.34. The number of hydrogen-bond donors (Lipinski definition) is 1. The molecule has 1 unspecified atom stereocenters. The second kappa shape index (κ2) is 4.43. The Morgan fingerprint density at radius 2 is 2.00 bits per heavy atom. The average molecular weight is 185 g/mol. The lowest BCUT2D eigenvalue weighted by molar-refractivity contribution is -0.0269. The molecule has 13 heavy (non-hydrogen) atoms. The molecule has 2 nitrogen and oxygen atoms in total. The van der Waals surface area contributed by atoms with Gasteiger partial charge in [0.1, 0.15) is 0 Å². The van der Waals surface area contributed by atoms with Gasteiger partial charge in [0.15, 0.2) is 0 Å². The Balaban J connectivity index is 2.23. The highest BCUT2D eigenvalue weighted by molar-refractivity contribution is 4.82. The van der Waals surface area contributed by atoms with Crippen LogP contribution in [0.1, 0.15) is 40.0 Å². The van der Waals surface area contributed by atoms with Crippen LogP contribution in [0.15, 0.2) is 0 Å². The van der Waals surface area contributed by atoms with E-state index in [-0.39, 0.29) is 5.60 Å². The lowest BCUT2D eigenvalue weighted by Crippen LogP contribution is -2.42. The molecule has 0 heterocycles. The van der Waals surface area contributed by atoms with Crippen molar-refractivity contribution in [1.82, 2.24) is 5.32 Å². The standard InChI is InChI=1S/C11H23NO/c1-11(2,3)13-8-10(12-4)9-6-5-7-9/h9-10,12H,5-8H2,1-4H3. The first kappa shape index (κ1) is 11.0. The van der Waals surface area contributed by atoms with Crippen LogP contribution < -0.4 is 5.32 Å². The fraction of sp³-hybridized carbons (Fsp3) is 1.00. The SMILES string of the molecule is CNC(COC(C)(C)C)C1CCC1. The van der Waals surface area contributed by atoms with E-state index in [2.05, 4.69) is 26.1 Å². The van der Waals surface area contributed by atoms with Crippen molar-refractivity contribution in [2.45, 2.75) is 51.7 Å². The monoisotopic (exact) mass is 185 g/mol. The first-order chi connectivity index (χ1) is 6.03. The molecule has 0 radical (unpaired) electrons. The lowest BCUT2D eigenvalue weighted by atomic mass is 9.80. The van der Waals surface area contributed by atoms with Crippen LogP contribution in [0.25, 0.3) is 0 Å². The van der Waals surface area contributed by atoms with E-state index in [1.165, 1.54) is 19.3 Å². The van der Waals surface area contributed by atoms with E-state index in [0.717, 1.165) is 12.5 Å². The molecule has 1 N–H and O–H groups in total. The van der Waals surface area contributed by atoms with E-state index in [0.29, 0.717) is 6.04 Å². The third-order valence-corrected chi connectivity index (χ3v) is 2.79. The van der Waals surface area contributed by atoms with E-state index < -0.39 is 0 Å². The molecule has 0 aromatic heterocycles. The van der Waals surface area contributed by atoms with Crippen molar-refractivity contribution in [2.24, 2.45) is 5.92 Å². The van der Waals surface area contributed by atoms with E-state index in [1.54, 1.807) is 0 Å². The second-order valence-electron chi connectivity index (χ2n) is 5.01. The Kier molecular flexibility index (Phi) is 3.74. The zero-order chi connectivity index (χ0) is 9.90. The molecule has 1 atom stereocenters. The van der Waals surface area contributed by atoms with Crippen molar-refractivity contribution >= 4 is 0 Å². The van der Waals surface area contributed by atoms with Crippen molar-refractivity contribution < 1.29 is 4.74 Å². The minimum absolute atomic E-state index is 0.00114. The van der Waals surface area contributed by atoms with Crippen molar-refractivity contribution in [3.63, 3.8) is 0 Å². The zero-order valence-electron chi connectivity index (χ0n) is 9.39. The van der Waals surface area contributed by atoms with Crippen molar-refractivity contribution in [3.8, 4) is 0 Å². The number of rotatable bonds is 4. The average Bonchev–Trinajstić information content (AvgIpc) is 1.91. The fourth-order valence-electron chi connectivity index (χ4n) is 1.64. The van der Waals surface area contributed by atoms with Gasteiger partial charge < -0.3 is 10.1 Å². The van der Waals surface area contributed by atoms with Crippen LogP contribution in [0.2, 0.25) is 0 Å². The minimum atomic E-state index is -0.00114. The van der Waals surface area contributed by atoms with E-state index in [4.69, 9.17) is 4.74 Å². The minimum Gasteiger partial charge on any atom is -0.374 e. The largest absolute Gasteiger partial charge is 0.374 e. The molecule has 1 aliphatic carbocycles. The van der Waals surface area contributed by atoms with Crippen LogP contribution in [0, 0.1) is 5.92 Å². The van der Waals surface area contributed by atoms with Gasteiger partial charge in [-0.2, -0.15) is 0 Å². The van der Waals surface area contributed by atoms with Gasteiger partial charge in [0, 0.05) is 6.04 Å². The molecule has 0 amide bonds. The predicted octanol–water partition coefficient (Wildman–Crippen LogP) is 2.19. The molecule has 0 spiro atoms. The van der Waals surface area contributed by atoms with Gasteiger partial charge in [-0.1, -0.05) is 6.42 Å². The van der Waals surface area contributed by atoms with Gasteiger partial charge in [0.25, 0.3) is 0 Å². The molecular weight excluding hydrogens is 162 g/mol. The Morgan fingerprint density at radius 1 is 1.38 bits per heavy atom. The third-order valence-electron chi connectivity index (χ3n) is 2.79. The Labute approximate surface area is 82.0 Å². The lowest BCUT2D eigenvalue weighted by Gasteiger charge is -2.35. The van der Waals surface area contributed by atoms with Crippen LogP contribution in [0.3, 0.4) is 0 Å². The van der Waals surface area contributed by atoms with E-state index >= 15 is 0 Å². The molecule has 2 heteroatoms. The zero-order valence-corrected chi connectivity index (χ0v) is 9.39. The summed E-state index contributed by atoms with van der Waals surface area (Å²) >= 11 is 0. The van der Waals surface area contributed by atoms with Gasteiger partial charge in [0.2, 0.25) is 0 Å². The quantitative estimate of drug-likeness (QED) is 0.725. The van der Waals surface area contributed by atoms with Crippen LogP contribution >= 0.6 is 0 Å². The van der Waals surface area contributed by atoms with Gasteiger partial charge >= 0.3 is 0 Å². The number of hydrogen-bond acceptors (Lipinski definition) is 2. The summed E-state index contributed by atoms with van der Waals surface area (Å²) in [6.45, 7) is 7.19. The summed E-state index contributed by atoms with van der Waals surface area (Å²) in [5, 5.41) is 3.35. The van der Waals surface area contributed by atoms with Gasteiger partial charge in [-0.3, -0.25) is 0 Å². The Morgan fingerprint density at radius 3 is 2.31 bits per heavy atom. The summed E-state index contributed by atoms with van der Waals surface area (Å²) in [4.78, 5) is 0. The summed E-state index contributed by atoms with van der Waals surface area (Å²) in [6.07, 6.45) is 4.15. The highest BCUT2D eigenvalue weighted by Crippen LogP contribution is 2.30. The molecule has 1 saturated carbocycles. The molecule has 78 valence electrons. The summed E-state index contributed by atoms with van der Waals surface area (Å²) < 4.78 is 5.78. The predicted molar refractivity (Wildman–Crippen MR) is 55.9 cm³/mol. The number of likely N-dealkylation sites (N-methyl/N-ethyl adjacent to an activating group) is 1. The molecule has 0 aliphatic heterocycles. The number of ether oxygens (including phenoxy) is 1. The van der Waals surface area contributed by atoms with Gasteiger partial charge in [-0.05, 0) is 46.6 Å². The van der Waals surface area contributed by atoms with Crippen molar-refractivity contribution in [3.05, 3.63) is 0 Å². The van der Waals surface area contributed by atoms with Crippen molar-refractivity contribution in [2.75, 3.05) is 13.7 Å². The molecular formula is C11H23NO. The molecule has 1 aliphatic rings. The second-order valence-corrected chi connectivity index (χ2v) is 5.01. The number of nitrogens with one attached hydrogen (secondary N) is 1. The first-order valence-electron chi connectivity index (χ1n) is 5.34. The van der Waals surface area contributed by atoms with Gasteiger partial charge in [-0.15, -0.1) is 0 Å². The molecule has 0 aromatic carbocycles. The van der Waals surface area contributed by atoms with Crippen LogP contribution in [-0.4, -0.2) is 25.3 Å². The highest BCUT2D eigenvalue weighted by atomic mass is 16.5. The third kappa shape index (κ3) is 3.65. The maximum atomic E-state index is 5.78. The van der Waals surface area contributed by atoms with E-state index in [1.807, 2.05) is 7.05 Å². The topological polar surface area (TPSA) is 21.3 Å². The maximum Gasteiger partial charge on any atom is 0.0629 e. The van der Waals surface area contributed by atoms with Gasteiger partial charge in [-0.25, -0.2) is 0 Å². The highest BCUT2D eigenvalue weighted by Gasteiger charge is 2.27. The Hall–Kier alpha value is -0.0800. The normalized spacial score (nSPS) is 21.2. The summed E-state index contributed by atoms with van der Waals surface area (Å²) in [5.41, 5.74) is -0.00114. The molecule has 0 saturated heterocycles.